The van der Waals surface area contributed by atoms with E-state index >= 15 is 0 Å². The van der Waals surface area contributed by atoms with Crippen LogP contribution in [0.1, 0.15) is 21.5 Å². The fourth-order valence-electron chi connectivity index (χ4n) is 3.23. The van der Waals surface area contributed by atoms with Gasteiger partial charge in [0.1, 0.15) is 11.9 Å². The molecular weight excluding hydrogens is 316 g/mol. The van der Waals surface area contributed by atoms with Crippen LogP contribution in [-0.4, -0.2) is 11.9 Å². The van der Waals surface area contributed by atoms with Gasteiger partial charge in [0.2, 0.25) is 0 Å². The highest BCUT2D eigenvalue weighted by Gasteiger charge is 2.40. The first kappa shape index (κ1) is 12.2. The van der Waals surface area contributed by atoms with Crippen LogP contribution >= 0.6 is 15.9 Å². The van der Waals surface area contributed by atoms with Crippen LogP contribution in [-0.2, 0) is 12.8 Å². The minimum Gasteiger partial charge on any atom is -0.489 e. The number of rotatable bonds is 0. The van der Waals surface area contributed by atoms with Crippen molar-refractivity contribution in [2.24, 2.45) is 5.92 Å². The normalized spacial score (nSPS) is 23.4. The predicted molar refractivity (Wildman–Crippen MR) is 80.2 cm³/mol. The van der Waals surface area contributed by atoms with Gasteiger partial charge >= 0.3 is 0 Å². The van der Waals surface area contributed by atoms with Crippen molar-refractivity contribution >= 4 is 21.7 Å². The van der Waals surface area contributed by atoms with Gasteiger partial charge in [0.25, 0.3) is 0 Å². The number of fused-ring (bicyclic) bond motifs is 3. The second-order valence-corrected chi connectivity index (χ2v) is 6.36. The van der Waals surface area contributed by atoms with Gasteiger partial charge in [0.05, 0.1) is 11.5 Å². The van der Waals surface area contributed by atoms with Gasteiger partial charge in [-0.25, -0.2) is 0 Å². The fraction of sp³-hybridized carbons (Fsp3) is 0.235. The second-order valence-electron chi connectivity index (χ2n) is 5.44. The Morgan fingerprint density at radius 2 is 1.80 bits per heavy atom. The summed E-state index contributed by atoms with van der Waals surface area (Å²) in [7, 11) is 0. The van der Waals surface area contributed by atoms with Crippen LogP contribution in [0.2, 0.25) is 0 Å². The molecule has 0 spiro atoms. The summed E-state index contributed by atoms with van der Waals surface area (Å²) >= 11 is 3.42. The zero-order chi connectivity index (χ0) is 13.7. The van der Waals surface area contributed by atoms with E-state index in [0.29, 0.717) is 5.56 Å². The molecule has 1 aliphatic heterocycles. The van der Waals surface area contributed by atoms with Gasteiger partial charge in [-0.3, -0.25) is 4.79 Å². The number of Topliss-reactive ketones (excluding diaryl/α,β-unsaturated/α-hetero) is 1. The summed E-state index contributed by atoms with van der Waals surface area (Å²) in [6, 6.07) is 14.0. The van der Waals surface area contributed by atoms with Crippen molar-refractivity contribution in [3.05, 3.63) is 63.6 Å². The molecule has 2 aliphatic rings. The third-order valence-electron chi connectivity index (χ3n) is 4.25. The van der Waals surface area contributed by atoms with Crippen molar-refractivity contribution in [2.75, 3.05) is 0 Å². The molecule has 0 saturated heterocycles. The average Bonchev–Trinajstić information content (AvgIpc) is 2.47. The summed E-state index contributed by atoms with van der Waals surface area (Å²) < 4.78 is 7.00. The molecule has 0 fully saturated rings. The molecule has 0 unspecified atom stereocenters. The Hall–Kier alpha value is -1.61. The first-order valence-corrected chi connectivity index (χ1v) is 7.59. The Labute approximate surface area is 125 Å². The van der Waals surface area contributed by atoms with Gasteiger partial charge in [-0.1, -0.05) is 40.2 Å². The minimum atomic E-state index is -0.0494. The summed E-state index contributed by atoms with van der Waals surface area (Å²) in [6.07, 6.45) is 1.58. The Morgan fingerprint density at radius 3 is 2.60 bits per heavy atom. The summed E-state index contributed by atoms with van der Waals surface area (Å²) in [4.78, 5) is 12.7. The Kier molecular flexibility index (Phi) is 2.71. The van der Waals surface area contributed by atoms with Gasteiger partial charge in [-0.15, -0.1) is 0 Å². The third kappa shape index (κ3) is 1.80. The van der Waals surface area contributed by atoms with E-state index in [1.165, 1.54) is 11.1 Å². The molecule has 1 aliphatic carbocycles. The Bertz CT molecular complexity index is 708. The van der Waals surface area contributed by atoms with E-state index in [4.69, 9.17) is 4.74 Å². The monoisotopic (exact) mass is 328 g/mol. The number of ketones is 1. The molecular formula is C17H13BrO2. The number of halogens is 1. The van der Waals surface area contributed by atoms with Crippen LogP contribution in [0.15, 0.2) is 46.9 Å². The molecule has 0 radical (unpaired) electrons. The molecule has 4 rings (SSSR count). The summed E-state index contributed by atoms with van der Waals surface area (Å²) in [6.45, 7) is 0. The Morgan fingerprint density at radius 1 is 1.05 bits per heavy atom. The van der Waals surface area contributed by atoms with E-state index < -0.39 is 0 Å². The lowest BCUT2D eigenvalue weighted by molar-refractivity contribution is 0.0634. The third-order valence-corrected chi connectivity index (χ3v) is 4.74. The molecule has 20 heavy (non-hydrogen) atoms. The maximum atomic E-state index is 12.7. The van der Waals surface area contributed by atoms with Crippen molar-refractivity contribution in [1.29, 1.82) is 0 Å². The van der Waals surface area contributed by atoms with Gasteiger partial charge in [0.15, 0.2) is 5.78 Å². The largest absolute Gasteiger partial charge is 0.489 e. The van der Waals surface area contributed by atoms with Gasteiger partial charge in [-0.2, -0.15) is 0 Å². The molecule has 2 atom stereocenters. The molecule has 2 nitrogen and oxygen atoms in total. The van der Waals surface area contributed by atoms with E-state index in [0.717, 1.165) is 23.1 Å². The molecule has 0 amide bonds. The number of hydrogen-bond acceptors (Lipinski definition) is 2. The van der Waals surface area contributed by atoms with E-state index in [1.54, 1.807) is 0 Å². The molecule has 1 heterocycles. The van der Waals surface area contributed by atoms with Gasteiger partial charge in [-0.05, 0) is 35.7 Å². The second kappa shape index (κ2) is 4.45. The lowest BCUT2D eigenvalue weighted by Crippen LogP contribution is -2.43. The zero-order valence-corrected chi connectivity index (χ0v) is 12.4. The summed E-state index contributed by atoms with van der Waals surface area (Å²) in [5, 5.41) is 0. The van der Waals surface area contributed by atoms with Crippen molar-refractivity contribution < 1.29 is 9.53 Å². The van der Waals surface area contributed by atoms with Crippen LogP contribution in [0.3, 0.4) is 0 Å². The lowest BCUT2D eigenvalue weighted by Gasteiger charge is -2.36. The number of benzene rings is 2. The van der Waals surface area contributed by atoms with Crippen LogP contribution in [0.25, 0.3) is 0 Å². The lowest BCUT2D eigenvalue weighted by atomic mass is 9.76. The number of carbonyl (C=O) groups is 1. The average molecular weight is 329 g/mol. The highest BCUT2D eigenvalue weighted by Crippen LogP contribution is 2.38. The van der Waals surface area contributed by atoms with Crippen molar-refractivity contribution in [1.82, 2.24) is 0 Å². The van der Waals surface area contributed by atoms with Crippen molar-refractivity contribution in [3.63, 3.8) is 0 Å². The van der Waals surface area contributed by atoms with Crippen LogP contribution in [0.4, 0.5) is 0 Å². The quantitative estimate of drug-likeness (QED) is 0.735. The molecule has 0 aromatic heterocycles. The number of ether oxygens (including phenoxy) is 1. The topological polar surface area (TPSA) is 26.3 Å². The SMILES string of the molecule is O=C1c2cc(Br)ccc2O[C@@H]2Cc3ccccc3C[C@@H]12. The molecule has 0 saturated carbocycles. The van der Waals surface area contributed by atoms with Crippen molar-refractivity contribution in [2.45, 2.75) is 18.9 Å². The molecule has 2 aromatic rings. The van der Waals surface area contributed by atoms with E-state index in [-0.39, 0.29) is 17.8 Å². The molecule has 100 valence electrons. The van der Waals surface area contributed by atoms with Gasteiger partial charge < -0.3 is 4.74 Å². The smallest absolute Gasteiger partial charge is 0.173 e. The maximum Gasteiger partial charge on any atom is 0.173 e. The summed E-state index contributed by atoms with van der Waals surface area (Å²) in [5.41, 5.74) is 3.30. The molecule has 0 bridgehead atoms. The first-order valence-electron chi connectivity index (χ1n) is 6.79. The van der Waals surface area contributed by atoms with E-state index in [1.807, 2.05) is 24.3 Å². The Balaban J connectivity index is 1.77. The highest BCUT2D eigenvalue weighted by molar-refractivity contribution is 9.10. The maximum absolute atomic E-state index is 12.7. The number of hydrogen-bond donors (Lipinski definition) is 0. The fourth-order valence-corrected chi connectivity index (χ4v) is 3.59. The van der Waals surface area contributed by atoms with Crippen LogP contribution in [0.5, 0.6) is 5.75 Å². The molecule has 3 heteroatoms. The highest BCUT2D eigenvalue weighted by atomic mass is 79.9. The van der Waals surface area contributed by atoms with E-state index in [9.17, 15) is 4.79 Å². The summed E-state index contributed by atoms with van der Waals surface area (Å²) in [5.74, 6) is 0.887. The number of carbonyl (C=O) groups excluding carboxylic acids is 1. The standard InChI is InChI=1S/C17H13BrO2/c18-12-5-6-15-14(9-12)17(19)13-7-10-3-1-2-4-11(10)8-16(13)20-15/h1-6,9,13,16H,7-8H2/t13-,16-/m1/s1. The predicted octanol–water partition coefficient (Wildman–Crippen LogP) is 3.81. The minimum absolute atomic E-state index is 0.0222. The van der Waals surface area contributed by atoms with Crippen LogP contribution < -0.4 is 4.74 Å². The molecule has 2 aromatic carbocycles. The van der Waals surface area contributed by atoms with E-state index in [2.05, 4.69) is 34.1 Å². The van der Waals surface area contributed by atoms with Gasteiger partial charge in [0, 0.05) is 10.9 Å². The van der Waals surface area contributed by atoms with Crippen molar-refractivity contribution in [3.8, 4) is 5.75 Å². The van der Waals surface area contributed by atoms with Crippen LogP contribution in [0, 0.1) is 5.92 Å². The molecule has 0 N–H and O–H groups in total. The first-order chi connectivity index (χ1) is 9.72. The zero-order valence-electron chi connectivity index (χ0n) is 10.8.